The van der Waals surface area contributed by atoms with Crippen molar-refractivity contribution in [1.29, 1.82) is 0 Å². The quantitative estimate of drug-likeness (QED) is 0.591. The number of benzene rings is 1. The first-order valence-corrected chi connectivity index (χ1v) is 5.23. The maximum Gasteiger partial charge on any atom is 0.108 e. The van der Waals surface area contributed by atoms with Gasteiger partial charge in [-0.15, -0.1) is 0 Å². The summed E-state index contributed by atoms with van der Waals surface area (Å²) < 4.78 is 13.1. The summed E-state index contributed by atoms with van der Waals surface area (Å²) in [4.78, 5) is 0. The Bertz CT molecular complexity index is 347. The van der Waals surface area contributed by atoms with Crippen molar-refractivity contribution < 1.29 is 4.39 Å². The smallest absolute Gasteiger partial charge is 0.108 e. The molecule has 0 fully saturated rings. The molecule has 14 heavy (non-hydrogen) atoms. The minimum Gasteiger partial charge on any atom is -0.247 e. The van der Waals surface area contributed by atoms with Gasteiger partial charge < -0.3 is 0 Å². The monoisotopic (exact) mass is 192 g/mol. The predicted molar refractivity (Wildman–Crippen MR) is 57.4 cm³/mol. The molecule has 0 nitrogen and oxygen atoms in total. The second-order valence-electron chi connectivity index (χ2n) is 5.24. The summed E-state index contributed by atoms with van der Waals surface area (Å²) in [7, 11) is 0. The van der Waals surface area contributed by atoms with Crippen LogP contribution in [-0.4, -0.2) is 6.17 Å². The third-order valence-corrected chi connectivity index (χ3v) is 2.96. The van der Waals surface area contributed by atoms with Crippen molar-refractivity contribution in [3.05, 3.63) is 34.9 Å². The van der Waals surface area contributed by atoms with Gasteiger partial charge in [-0.2, -0.15) is 0 Å². The molecule has 0 saturated heterocycles. The molecular weight excluding hydrogens is 175 g/mol. The molecule has 2 rings (SSSR count). The summed E-state index contributed by atoms with van der Waals surface area (Å²) in [6.45, 7) is 6.57. The highest BCUT2D eigenvalue weighted by molar-refractivity contribution is 5.38. The maximum atomic E-state index is 13.1. The second-order valence-corrected chi connectivity index (χ2v) is 5.24. The fourth-order valence-corrected chi connectivity index (χ4v) is 2.03. The van der Waals surface area contributed by atoms with Crippen molar-refractivity contribution in [2.24, 2.45) is 0 Å². The highest BCUT2D eigenvalue weighted by atomic mass is 19.1. The van der Waals surface area contributed by atoms with Crippen LogP contribution in [0, 0.1) is 0 Å². The molecule has 1 aliphatic rings. The molecular formula is C13H17F. The molecule has 1 aromatic carbocycles. The number of hydrogen-bond donors (Lipinski definition) is 0. The minimum absolute atomic E-state index is 0.170. The number of alkyl halides is 1. The van der Waals surface area contributed by atoms with Gasteiger partial charge in [0.2, 0.25) is 0 Å². The van der Waals surface area contributed by atoms with Crippen LogP contribution >= 0.6 is 0 Å². The molecule has 0 aliphatic heterocycles. The summed E-state index contributed by atoms with van der Waals surface area (Å²) in [6, 6.07) is 6.40. The molecule has 0 spiro atoms. The number of rotatable bonds is 0. The van der Waals surface area contributed by atoms with Gasteiger partial charge in [-0.1, -0.05) is 39.0 Å². The van der Waals surface area contributed by atoms with Crippen LogP contribution in [-0.2, 0) is 18.3 Å². The first-order chi connectivity index (χ1) is 6.47. The number of hydrogen-bond acceptors (Lipinski definition) is 0. The number of fused-ring (bicyclic) bond motifs is 1. The summed E-state index contributed by atoms with van der Waals surface area (Å²) in [5.74, 6) is 0. The Morgan fingerprint density at radius 1 is 1.14 bits per heavy atom. The van der Waals surface area contributed by atoms with Gasteiger partial charge in [-0.25, -0.2) is 4.39 Å². The van der Waals surface area contributed by atoms with E-state index in [4.69, 9.17) is 0 Å². The van der Waals surface area contributed by atoms with Crippen molar-refractivity contribution in [3.8, 4) is 0 Å². The van der Waals surface area contributed by atoms with Gasteiger partial charge in [0.05, 0.1) is 0 Å². The molecule has 0 heterocycles. The zero-order chi connectivity index (χ0) is 10.3. The molecule has 1 aliphatic carbocycles. The van der Waals surface area contributed by atoms with Gasteiger partial charge in [0.1, 0.15) is 6.17 Å². The van der Waals surface area contributed by atoms with Crippen LogP contribution < -0.4 is 0 Å². The minimum atomic E-state index is -0.653. The Balaban J connectivity index is 2.38. The lowest BCUT2D eigenvalue weighted by atomic mass is 9.85. The maximum absolute atomic E-state index is 13.1. The summed E-state index contributed by atoms with van der Waals surface area (Å²) in [5.41, 5.74) is 3.89. The highest BCUT2D eigenvalue weighted by Gasteiger charge is 2.23. The van der Waals surface area contributed by atoms with E-state index in [1.165, 1.54) is 16.7 Å². The van der Waals surface area contributed by atoms with Crippen molar-refractivity contribution in [2.45, 2.75) is 45.2 Å². The van der Waals surface area contributed by atoms with Crippen LogP contribution in [0.4, 0.5) is 4.39 Å². The van der Waals surface area contributed by atoms with E-state index >= 15 is 0 Å². The van der Waals surface area contributed by atoms with Crippen LogP contribution in [0.5, 0.6) is 0 Å². The van der Waals surface area contributed by atoms with Gasteiger partial charge in [0.25, 0.3) is 0 Å². The van der Waals surface area contributed by atoms with Gasteiger partial charge in [-0.3, -0.25) is 0 Å². The average molecular weight is 192 g/mol. The Morgan fingerprint density at radius 2 is 1.79 bits per heavy atom. The largest absolute Gasteiger partial charge is 0.247 e. The molecule has 0 aromatic heterocycles. The predicted octanol–water partition coefficient (Wildman–Crippen LogP) is 3.42. The Labute approximate surface area is 85.1 Å². The van der Waals surface area contributed by atoms with Crippen LogP contribution in [0.1, 0.15) is 37.5 Å². The fraction of sp³-hybridized carbons (Fsp3) is 0.538. The molecule has 0 bridgehead atoms. The van der Waals surface area contributed by atoms with Gasteiger partial charge in [0, 0.05) is 12.8 Å². The lowest BCUT2D eigenvalue weighted by Gasteiger charge is -2.19. The Hall–Kier alpha value is -0.850. The fourth-order valence-electron chi connectivity index (χ4n) is 2.03. The van der Waals surface area contributed by atoms with E-state index in [9.17, 15) is 4.39 Å². The standard InChI is InChI=1S/C13H17F/c1-13(2,3)11-5-4-9-7-12(14)8-10(9)6-11/h4-6,12H,7-8H2,1-3H3. The lowest BCUT2D eigenvalue weighted by Crippen LogP contribution is -2.11. The molecule has 1 aromatic rings. The van der Waals surface area contributed by atoms with Crippen molar-refractivity contribution in [2.75, 3.05) is 0 Å². The topological polar surface area (TPSA) is 0 Å². The molecule has 0 saturated carbocycles. The van der Waals surface area contributed by atoms with E-state index in [1.807, 2.05) is 0 Å². The molecule has 0 amide bonds. The third kappa shape index (κ3) is 1.68. The molecule has 76 valence electrons. The first kappa shape index (κ1) is 9.70. The third-order valence-electron chi connectivity index (χ3n) is 2.96. The molecule has 1 unspecified atom stereocenters. The van der Waals surface area contributed by atoms with E-state index in [2.05, 4.69) is 39.0 Å². The SMILES string of the molecule is CC(C)(C)c1ccc2c(c1)CC(F)C2. The van der Waals surface area contributed by atoms with E-state index in [0.717, 1.165) is 0 Å². The first-order valence-electron chi connectivity index (χ1n) is 5.23. The normalized spacial score (nSPS) is 21.0. The highest BCUT2D eigenvalue weighted by Crippen LogP contribution is 2.29. The summed E-state index contributed by atoms with van der Waals surface area (Å²) in [6.07, 6.45) is 0.569. The van der Waals surface area contributed by atoms with Crippen LogP contribution in [0.25, 0.3) is 0 Å². The molecule has 0 radical (unpaired) electrons. The van der Waals surface area contributed by atoms with Crippen molar-refractivity contribution in [3.63, 3.8) is 0 Å². The van der Waals surface area contributed by atoms with Crippen molar-refractivity contribution >= 4 is 0 Å². The van der Waals surface area contributed by atoms with Crippen LogP contribution in [0.2, 0.25) is 0 Å². The zero-order valence-corrected chi connectivity index (χ0v) is 9.10. The van der Waals surface area contributed by atoms with E-state index < -0.39 is 6.17 Å². The summed E-state index contributed by atoms with van der Waals surface area (Å²) >= 11 is 0. The van der Waals surface area contributed by atoms with Crippen LogP contribution in [0.15, 0.2) is 18.2 Å². The zero-order valence-electron chi connectivity index (χ0n) is 9.10. The van der Waals surface area contributed by atoms with E-state index in [1.54, 1.807) is 0 Å². The Kier molecular flexibility index (Phi) is 2.13. The number of halogens is 1. The molecule has 1 heteroatoms. The van der Waals surface area contributed by atoms with Gasteiger partial charge in [-0.05, 0) is 22.1 Å². The van der Waals surface area contributed by atoms with Crippen LogP contribution in [0.3, 0.4) is 0 Å². The van der Waals surface area contributed by atoms with Crippen molar-refractivity contribution in [1.82, 2.24) is 0 Å². The molecule has 0 N–H and O–H groups in total. The lowest BCUT2D eigenvalue weighted by molar-refractivity contribution is 0.349. The van der Waals surface area contributed by atoms with Gasteiger partial charge in [0.15, 0.2) is 0 Å². The average Bonchev–Trinajstić information content (AvgIpc) is 2.41. The van der Waals surface area contributed by atoms with E-state index in [0.29, 0.717) is 12.8 Å². The molecule has 1 atom stereocenters. The van der Waals surface area contributed by atoms with E-state index in [-0.39, 0.29) is 5.41 Å². The summed E-state index contributed by atoms with van der Waals surface area (Å²) in [5, 5.41) is 0. The second kappa shape index (κ2) is 3.08. The Morgan fingerprint density at radius 3 is 2.43 bits per heavy atom. The van der Waals surface area contributed by atoms with Gasteiger partial charge >= 0.3 is 0 Å².